The maximum Gasteiger partial charge on any atom is 0.229 e. The Morgan fingerprint density at radius 3 is 2.44 bits per heavy atom. The molecule has 5 heterocycles. The first kappa shape index (κ1) is 29.5. The van der Waals surface area contributed by atoms with Crippen molar-refractivity contribution in [3.8, 4) is 11.3 Å². The van der Waals surface area contributed by atoms with Gasteiger partial charge in [0.25, 0.3) is 0 Å². The number of fused-ring (bicyclic) bond motifs is 2. The van der Waals surface area contributed by atoms with Gasteiger partial charge in [0.15, 0.2) is 21.5 Å². The van der Waals surface area contributed by atoms with E-state index in [1.807, 2.05) is 44.4 Å². The van der Waals surface area contributed by atoms with Crippen LogP contribution in [0.4, 0.5) is 20.5 Å². The zero-order chi connectivity index (χ0) is 30.5. The van der Waals surface area contributed by atoms with Crippen LogP contribution >= 0.6 is 0 Å². The van der Waals surface area contributed by atoms with Crippen molar-refractivity contribution >= 4 is 32.6 Å². The SMILES string of the molecule is Cc1nc2c(F)cc(-c3nc(Nc4ccc5c(n4)CCN(CCN4CCS(=O)(=O)CC4)C5)ncc3F)cc2n1C(C)(C)C. The fraction of sp³-hybridized carbons (Fsp3) is 0.467. The number of nitrogens with zero attached hydrogens (tertiary/aromatic N) is 7. The van der Waals surface area contributed by atoms with Crippen molar-refractivity contribution in [3.63, 3.8) is 0 Å². The van der Waals surface area contributed by atoms with Crippen molar-refractivity contribution in [2.75, 3.05) is 49.5 Å². The zero-order valence-corrected chi connectivity index (χ0v) is 25.7. The van der Waals surface area contributed by atoms with E-state index in [1.165, 1.54) is 6.07 Å². The summed E-state index contributed by atoms with van der Waals surface area (Å²) in [6, 6.07) is 6.84. The maximum absolute atomic E-state index is 15.2. The quantitative estimate of drug-likeness (QED) is 0.346. The first-order valence-corrected chi connectivity index (χ1v) is 16.3. The number of halogens is 2. The molecule has 4 aromatic rings. The zero-order valence-electron chi connectivity index (χ0n) is 24.9. The number of rotatable bonds is 6. The van der Waals surface area contributed by atoms with Crippen LogP contribution in [0.1, 0.15) is 37.9 Å². The minimum Gasteiger partial charge on any atom is -0.323 e. The molecular weight excluding hydrogens is 574 g/mol. The van der Waals surface area contributed by atoms with Gasteiger partial charge in [-0.25, -0.2) is 37.1 Å². The van der Waals surface area contributed by atoms with E-state index in [2.05, 4.69) is 30.1 Å². The van der Waals surface area contributed by atoms with Crippen LogP contribution in [0.25, 0.3) is 22.3 Å². The Morgan fingerprint density at radius 2 is 1.70 bits per heavy atom. The smallest absolute Gasteiger partial charge is 0.229 e. The molecule has 3 aromatic heterocycles. The summed E-state index contributed by atoms with van der Waals surface area (Å²) in [6.07, 6.45) is 1.85. The van der Waals surface area contributed by atoms with E-state index in [1.54, 1.807) is 6.07 Å². The lowest BCUT2D eigenvalue weighted by atomic mass is 10.1. The largest absolute Gasteiger partial charge is 0.323 e. The molecule has 1 aromatic carbocycles. The van der Waals surface area contributed by atoms with Gasteiger partial charge in [-0.2, -0.15) is 0 Å². The van der Waals surface area contributed by atoms with E-state index in [0.717, 1.165) is 50.1 Å². The van der Waals surface area contributed by atoms with Crippen molar-refractivity contribution in [2.45, 2.75) is 46.2 Å². The number of pyridine rings is 1. The summed E-state index contributed by atoms with van der Waals surface area (Å²) in [4.78, 5) is 22.3. The average Bonchev–Trinajstić information content (AvgIpc) is 3.30. The van der Waals surface area contributed by atoms with Crippen LogP contribution < -0.4 is 5.32 Å². The molecule has 228 valence electrons. The van der Waals surface area contributed by atoms with Crippen molar-refractivity contribution in [1.29, 1.82) is 0 Å². The third-order valence-electron chi connectivity index (χ3n) is 8.11. The molecule has 13 heteroatoms. The van der Waals surface area contributed by atoms with Gasteiger partial charge in [-0.15, -0.1) is 0 Å². The van der Waals surface area contributed by atoms with Crippen LogP contribution in [0.15, 0.2) is 30.5 Å². The molecule has 0 amide bonds. The molecule has 0 spiro atoms. The van der Waals surface area contributed by atoms with E-state index in [-0.39, 0.29) is 34.2 Å². The van der Waals surface area contributed by atoms with Gasteiger partial charge in [0.05, 0.1) is 23.2 Å². The predicted octanol–water partition coefficient (Wildman–Crippen LogP) is 4.06. The molecule has 0 bridgehead atoms. The Kier molecular flexibility index (Phi) is 7.68. The summed E-state index contributed by atoms with van der Waals surface area (Å²) in [6.45, 7) is 12.4. The number of benzene rings is 1. The highest BCUT2D eigenvalue weighted by Crippen LogP contribution is 2.32. The molecule has 1 N–H and O–H groups in total. The van der Waals surface area contributed by atoms with Gasteiger partial charge in [0, 0.05) is 62.5 Å². The van der Waals surface area contributed by atoms with Gasteiger partial charge in [-0.05, 0) is 51.5 Å². The molecule has 0 saturated carbocycles. The van der Waals surface area contributed by atoms with Gasteiger partial charge < -0.3 is 14.8 Å². The fourth-order valence-corrected chi connectivity index (χ4v) is 7.25. The first-order chi connectivity index (χ1) is 20.4. The summed E-state index contributed by atoms with van der Waals surface area (Å²) in [5.74, 6) is 0.652. The Labute approximate surface area is 250 Å². The normalized spacial score (nSPS) is 17.7. The number of hydrogen-bond acceptors (Lipinski definition) is 9. The Hall–Kier alpha value is -3.55. The number of anilines is 2. The molecule has 1 fully saturated rings. The first-order valence-electron chi connectivity index (χ1n) is 14.5. The molecule has 0 atom stereocenters. The van der Waals surface area contributed by atoms with Crippen molar-refractivity contribution in [1.82, 2.24) is 34.3 Å². The minimum atomic E-state index is -2.88. The van der Waals surface area contributed by atoms with Gasteiger partial charge in [0.1, 0.15) is 22.9 Å². The molecule has 1 saturated heterocycles. The van der Waals surface area contributed by atoms with E-state index >= 15 is 4.39 Å². The van der Waals surface area contributed by atoms with Gasteiger partial charge >= 0.3 is 0 Å². The number of aryl methyl sites for hydroxylation is 1. The molecular formula is C30H36F2N8O2S. The molecule has 0 unspecified atom stereocenters. The van der Waals surface area contributed by atoms with Crippen LogP contribution in [0.2, 0.25) is 0 Å². The van der Waals surface area contributed by atoms with E-state index < -0.39 is 21.5 Å². The van der Waals surface area contributed by atoms with Gasteiger partial charge in [-0.3, -0.25) is 4.90 Å². The van der Waals surface area contributed by atoms with Crippen LogP contribution in [0.3, 0.4) is 0 Å². The van der Waals surface area contributed by atoms with E-state index in [0.29, 0.717) is 35.8 Å². The highest BCUT2D eigenvalue weighted by Gasteiger charge is 2.25. The lowest BCUT2D eigenvalue weighted by Gasteiger charge is -2.32. The van der Waals surface area contributed by atoms with Gasteiger partial charge in [0.2, 0.25) is 5.95 Å². The summed E-state index contributed by atoms with van der Waals surface area (Å²) < 4.78 is 55.5. The standard InChI is InChI=1S/C30H36F2N8O2S/c1-19-34-28-22(31)15-21(16-25(28)40(19)30(2,3)4)27-23(32)17-33-29(37-27)36-26-6-5-20-18-39(8-7-24(20)35-26)10-9-38-11-13-43(41,42)14-12-38/h5-6,15-17H,7-14,18H2,1-4H3,(H,33,35,36,37). The molecule has 43 heavy (non-hydrogen) atoms. The maximum atomic E-state index is 15.2. The summed E-state index contributed by atoms with van der Waals surface area (Å²) in [7, 11) is -2.88. The number of nitrogens with one attached hydrogen (secondary N) is 1. The summed E-state index contributed by atoms with van der Waals surface area (Å²) in [5, 5.41) is 3.09. The summed E-state index contributed by atoms with van der Waals surface area (Å²) >= 11 is 0. The molecule has 0 aliphatic carbocycles. The molecule has 0 radical (unpaired) electrons. The lowest BCUT2D eigenvalue weighted by Crippen LogP contribution is -2.44. The van der Waals surface area contributed by atoms with Crippen molar-refractivity contribution in [2.24, 2.45) is 0 Å². The second-order valence-electron chi connectivity index (χ2n) is 12.3. The molecule has 2 aliphatic heterocycles. The Morgan fingerprint density at radius 1 is 0.953 bits per heavy atom. The fourth-order valence-electron chi connectivity index (χ4n) is 5.97. The molecule has 6 rings (SSSR count). The highest BCUT2D eigenvalue weighted by molar-refractivity contribution is 7.91. The number of aromatic nitrogens is 5. The number of imidazole rings is 1. The second kappa shape index (κ2) is 11.2. The highest BCUT2D eigenvalue weighted by atomic mass is 32.2. The predicted molar refractivity (Wildman–Crippen MR) is 162 cm³/mol. The Balaban J connectivity index is 1.17. The molecule has 10 nitrogen and oxygen atoms in total. The van der Waals surface area contributed by atoms with E-state index in [9.17, 15) is 12.8 Å². The minimum absolute atomic E-state index is 0.0162. The number of hydrogen-bond donors (Lipinski definition) is 1. The molecule has 2 aliphatic rings. The Bertz CT molecular complexity index is 1790. The lowest BCUT2D eigenvalue weighted by molar-refractivity contribution is 0.199. The van der Waals surface area contributed by atoms with Crippen LogP contribution in [-0.4, -0.2) is 87.0 Å². The van der Waals surface area contributed by atoms with Crippen LogP contribution in [0, 0.1) is 18.6 Å². The monoisotopic (exact) mass is 610 g/mol. The second-order valence-corrected chi connectivity index (χ2v) is 14.6. The third-order valence-corrected chi connectivity index (χ3v) is 9.72. The van der Waals surface area contributed by atoms with Crippen LogP contribution in [-0.2, 0) is 28.3 Å². The van der Waals surface area contributed by atoms with E-state index in [4.69, 9.17) is 4.98 Å². The average molecular weight is 611 g/mol. The summed E-state index contributed by atoms with van der Waals surface area (Å²) in [5.41, 5.74) is 2.85. The van der Waals surface area contributed by atoms with Gasteiger partial charge in [-0.1, -0.05) is 6.07 Å². The van der Waals surface area contributed by atoms with Crippen LogP contribution in [0.5, 0.6) is 0 Å². The van der Waals surface area contributed by atoms with Crippen molar-refractivity contribution < 1.29 is 17.2 Å². The number of sulfone groups is 1. The topological polar surface area (TPSA) is 109 Å². The van der Waals surface area contributed by atoms with Crippen molar-refractivity contribution in [3.05, 3.63) is 59.2 Å². The third kappa shape index (κ3) is 6.24.